The monoisotopic (exact) mass is 378 g/mol. The number of carboxylic acids is 1. The van der Waals surface area contributed by atoms with Crippen molar-refractivity contribution in [3.63, 3.8) is 0 Å². The summed E-state index contributed by atoms with van der Waals surface area (Å²) in [6.07, 6.45) is -0.126. The first-order valence-corrected chi connectivity index (χ1v) is 8.84. The van der Waals surface area contributed by atoms with E-state index in [1.165, 1.54) is 0 Å². The molecule has 0 spiro atoms. The number of ether oxygens (including phenoxy) is 3. The van der Waals surface area contributed by atoms with E-state index in [0.717, 1.165) is 16.7 Å². The van der Waals surface area contributed by atoms with Crippen LogP contribution in [-0.2, 0) is 17.8 Å². The Labute approximate surface area is 164 Å². The number of rotatable bonds is 8. The van der Waals surface area contributed by atoms with Gasteiger partial charge >= 0.3 is 5.97 Å². The summed E-state index contributed by atoms with van der Waals surface area (Å²) in [4.78, 5) is 11.3. The van der Waals surface area contributed by atoms with Crippen LogP contribution in [0.15, 0.2) is 66.7 Å². The molecular formula is C23H22O5. The molecule has 1 N–H and O–H groups in total. The number of benzene rings is 3. The van der Waals surface area contributed by atoms with Crippen molar-refractivity contribution in [2.75, 3.05) is 14.2 Å². The molecule has 28 heavy (non-hydrogen) atoms. The van der Waals surface area contributed by atoms with Gasteiger partial charge in [0.15, 0.2) is 0 Å². The van der Waals surface area contributed by atoms with Gasteiger partial charge in [-0.1, -0.05) is 36.4 Å². The molecule has 0 fully saturated rings. The summed E-state index contributed by atoms with van der Waals surface area (Å²) >= 11 is 0. The molecule has 5 heteroatoms. The van der Waals surface area contributed by atoms with Gasteiger partial charge in [-0.2, -0.15) is 0 Å². The van der Waals surface area contributed by atoms with Crippen LogP contribution in [0.25, 0.3) is 11.1 Å². The smallest absolute Gasteiger partial charge is 0.307 e. The second kappa shape index (κ2) is 8.95. The Morgan fingerprint density at radius 2 is 1.54 bits per heavy atom. The van der Waals surface area contributed by atoms with E-state index in [0.29, 0.717) is 29.4 Å². The molecule has 3 aromatic rings. The van der Waals surface area contributed by atoms with Crippen LogP contribution in [0, 0.1) is 0 Å². The first-order valence-electron chi connectivity index (χ1n) is 8.84. The van der Waals surface area contributed by atoms with E-state index in [1.807, 2.05) is 60.7 Å². The lowest BCUT2D eigenvalue weighted by molar-refractivity contribution is -0.136. The summed E-state index contributed by atoms with van der Waals surface area (Å²) in [6.45, 7) is 0.375. The molecule has 3 aromatic carbocycles. The highest BCUT2D eigenvalue weighted by Gasteiger charge is 2.12. The maximum Gasteiger partial charge on any atom is 0.307 e. The Morgan fingerprint density at radius 1 is 0.857 bits per heavy atom. The van der Waals surface area contributed by atoms with Crippen molar-refractivity contribution in [2.24, 2.45) is 0 Å². The van der Waals surface area contributed by atoms with Gasteiger partial charge in [0, 0.05) is 11.6 Å². The zero-order chi connectivity index (χ0) is 19.9. The first kappa shape index (κ1) is 19.3. The second-order valence-corrected chi connectivity index (χ2v) is 6.27. The van der Waals surface area contributed by atoms with Gasteiger partial charge in [-0.05, 0) is 41.0 Å². The third kappa shape index (κ3) is 4.82. The minimum absolute atomic E-state index is 0.126. The highest BCUT2D eigenvalue weighted by molar-refractivity contribution is 5.74. The Morgan fingerprint density at radius 3 is 2.14 bits per heavy atom. The van der Waals surface area contributed by atoms with Gasteiger partial charge < -0.3 is 19.3 Å². The van der Waals surface area contributed by atoms with E-state index in [2.05, 4.69) is 0 Å². The van der Waals surface area contributed by atoms with Crippen LogP contribution in [0.2, 0.25) is 0 Å². The third-order valence-electron chi connectivity index (χ3n) is 4.32. The van der Waals surface area contributed by atoms with Crippen molar-refractivity contribution in [3.8, 4) is 28.4 Å². The Bertz CT molecular complexity index is 928. The molecule has 0 atom stereocenters. The zero-order valence-electron chi connectivity index (χ0n) is 15.8. The fraction of sp³-hybridized carbons (Fsp3) is 0.174. The summed E-state index contributed by atoms with van der Waals surface area (Å²) in [5.41, 5.74) is 3.37. The second-order valence-electron chi connectivity index (χ2n) is 6.27. The molecule has 144 valence electrons. The molecule has 3 rings (SSSR count). The van der Waals surface area contributed by atoms with Crippen LogP contribution >= 0.6 is 0 Å². The largest absolute Gasteiger partial charge is 0.497 e. The van der Waals surface area contributed by atoms with Crippen LogP contribution in [0.3, 0.4) is 0 Å². The molecule has 0 unspecified atom stereocenters. The van der Waals surface area contributed by atoms with E-state index in [4.69, 9.17) is 14.2 Å². The van der Waals surface area contributed by atoms with Crippen molar-refractivity contribution in [2.45, 2.75) is 13.0 Å². The molecule has 0 saturated carbocycles. The van der Waals surface area contributed by atoms with Gasteiger partial charge in [0.2, 0.25) is 0 Å². The Balaban J connectivity index is 1.93. The lowest BCUT2D eigenvalue weighted by Gasteiger charge is -2.14. The Kier molecular flexibility index (Phi) is 6.17. The van der Waals surface area contributed by atoms with Crippen molar-refractivity contribution in [3.05, 3.63) is 77.9 Å². The van der Waals surface area contributed by atoms with Gasteiger partial charge in [-0.15, -0.1) is 0 Å². The quantitative estimate of drug-likeness (QED) is 0.622. The zero-order valence-corrected chi connectivity index (χ0v) is 15.8. The molecule has 0 radical (unpaired) electrons. The molecule has 0 heterocycles. The van der Waals surface area contributed by atoms with E-state index in [9.17, 15) is 9.90 Å². The van der Waals surface area contributed by atoms with Gasteiger partial charge in [0.05, 0.1) is 20.6 Å². The van der Waals surface area contributed by atoms with Crippen LogP contribution in [0.1, 0.15) is 11.1 Å². The summed E-state index contributed by atoms with van der Waals surface area (Å²) in [7, 11) is 3.18. The SMILES string of the molecule is COc1cc(OC)cc(-c2ccc(OCc3ccccc3)c(CC(=O)O)c2)c1. The lowest BCUT2D eigenvalue weighted by atomic mass is 10.0. The van der Waals surface area contributed by atoms with E-state index in [-0.39, 0.29) is 6.42 Å². The van der Waals surface area contributed by atoms with E-state index >= 15 is 0 Å². The fourth-order valence-corrected chi connectivity index (χ4v) is 2.91. The van der Waals surface area contributed by atoms with Gasteiger partial charge in [-0.3, -0.25) is 4.79 Å². The average Bonchev–Trinajstić information content (AvgIpc) is 2.72. The standard InChI is InChI=1S/C23H22O5/c1-26-20-11-18(12-21(14-20)27-2)17-8-9-22(19(10-17)13-23(24)25)28-15-16-6-4-3-5-7-16/h3-12,14H,13,15H2,1-2H3,(H,24,25). The Hall–Kier alpha value is -3.47. The predicted octanol–water partition coefficient (Wildman–Crippen LogP) is 4.58. The molecule has 5 nitrogen and oxygen atoms in total. The molecule has 0 saturated heterocycles. The van der Waals surface area contributed by atoms with Crippen molar-refractivity contribution in [1.29, 1.82) is 0 Å². The number of hydrogen-bond acceptors (Lipinski definition) is 4. The number of carboxylic acid groups (broad SMARTS) is 1. The number of carbonyl (C=O) groups is 1. The molecular weight excluding hydrogens is 356 g/mol. The summed E-state index contributed by atoms with van der Waals surface area (Å²) in [5, 5.41) is 9.31. The molecule has 0 bridgehead atoms. The topological polar surface area (TPSA) is 65.0 Å². The van der Waals surface area contributed by atoms with Crippen molar-refractivity contribution in [1.82, 2.24) is 0 Å². The highest BCUT2D eigenvalue weighted by atomic mass is 16.5. The van der Waals surface area contributed by atoms with Crippen molar-refractivity contribution < 1.29 is 24.1 Å². The van der Waals surface area contributed by atoms with Crippen LogP contribution < -0.4 is 14.2 Å². The molecule has 0 aliphatic carbocycles. The van der Waals surface area contributed by atoms with Crippen LogP contribution in [0.5, 0.6) is 17.2 Å². The van der Waals surface area contributed by atoms with Gasteiger partial charge in [-0.25, -0.2) is 0 Å². The van der Waals surface area contributed by atoms with Crippen molar-refractivity contribution >= 4 is 5.97 Å². The summed E-state index contributed by atoms with van der Waals surface area (Å²) in [6, 6.07) is 20.9. The van der Waals surface area contributed by atoms with Gasteiger partial charge in [0.25, 0.3) is 0 Å². The highest BCUT2D eigenvalue weighted by Crippen LogP contribution is 2.33. The fourth-order valence-electron chi connectivity index (χ4n) is 2.91. The number of aliphatic carboxylic acids is 1. The maximum atomic E-state index is 11.3. The van der Waals surface area contributed by atoms with Crippen LogP contribution in [-0.4, -0.2) is 25.3 Å². The van der Waals surface area contributed by atoms with E-state index < -0.39 is 5.97 Å². The molecule has 0 aliphatic rings. The summed E-state index contributed by atoms with van der Waals surface area (Å²) < 4.78 is 16.5. The molecule has 0 amide bonds. The third-order valence-corrected chi connectivity index (χ3v) is 4.32. The normalized spacial score (nSPS) is 10.4. The van der Waals surface area contributed by atoms with Gasteiger partial charge in [0.1, 0.15) is 23.9 Å². The molecule has 0 aromatic heterocycles. The average molecular weight is 378 g/mol. The number of hydrogen-bond donors (Lipinski definition) is 1. The van der Waals surface area contributed by atoms with Crippen LogP contribution in [0.4, 0.5) is 0 Å². The first-order chi connectivity index (χ1) is 13.6. The number of methoxy groups -OCH3 is 2. The lowest BCUT2D eigenvalue weighted by Crippen LogP contribution is -2.04. The van der Waals surface area contributed by atoms with E-state index in [1.54, 1.807) is 20.3 Å². The summed E-state index contributed by atoms with van der Waals surface area (Å²) in [5.74, 6) is 0.979. The minimum atomic E-state index is -0.912. The maximum absolute atomic E-state index is 11.3. The predicted molar refractivity (Wildman–Crippen MR) is 107 cm³/mol. The molecule has 0 aliphatic heterocycles. The minimum Gasteiger partial charge on any atom is -0.497 e.